The van der Waals surface area contributed by atoms with Crippen LogP contribution in [0.2, 0.25) is 0 Å². The van der Waals surface area contributed by atoms with Gasteiger partial charge in [-0.2, -0.15) is 0 Å². The number of nitrogens with one attached hydrogen (secondary N) is 1. The lowest BCUT2D eigenvalue weighted by atomic mass is 9.95. The van der Waals surface area contributed by atoms with E-state index in [9.17, 15) is 20.0 Å². The minimum absolute atomic E-state index is 0.0878. The largest absolute Gasteiger partial charge is 0.391 e. The Balaban J connectivity index is 1.85. The number of aliphatic hydroxyl groups excluding tert-OH is 1. The molecule has 0 radical (unpaired) electrons. The summed E-state index contributed by atoms with van der Waals surface area (Å²) in [6, 6.07) is 4.77. The van der Waals surface area contributed by atoms with Gasteiger partial charge in [0.1, 0.15) is 5.69 Å². The van der Waals surface area contributed by atoms with Gasteiger partial charge in [-0.15, -0.1) is 0 Å². The molecule has 0 bridgehead atoms. The molecule has 1 saturated heterocycles. The van der Waals surface area contributed by atoms with Crippen molar-refractivity contribution in [2.45, 2.75) is 38.3 Å². The molecule has 23 heavy (non-hydrogen) atoms. The van der Waals surface area contributed by atoms with E-state index in [4.69, 9.17) is 0 Å². The summed E-state index contributed by atoms with van der Waals surface area (Å²) in [6.45, 7) is 3.00. The lowest BCUT2D eigenvalue weighted by molar-refractivity contribution is -0.384. The third kappa shape index (κ3) is 3.44. The second kappa shape index (κ2) is 6.16. The molecule has 3 rings (SSSR count). The molecule has 2 fully saturated rings. The zero-order valence-electron chi connectivity index (χ0n) is 13.1. The zero-order valence-corrected chi connectivity index (χ0v) is 13.1. The molecule has 2 N–H and O–H groups in total. The number of nitro groups is 1. The molecule has 0 aromatic heterocycles. The van der Waals surface area contributed by atoms with Gasteiger partial charge in [-0.05, 0) is 37.3 Å². The first-order valence-corrected chi connectivity index (χ1v) is 7.98. The van der Waals surface area contributed by atoms with E-state index >= 15 is 0 Å². The minimum atomic E-state index is -0.499. The maximum absolute atomic E-state index is 12.1. The van der Waals surface area contributed by atoms with E-state index in [-0.39, 0.29) is 23.6 Å². The number of hydrogen-bond acceptors (Lipinski definition) is 5. The highest BCUT2D eigenvalue weighted by Crippen LogP contribution is 2.32. The van der Waals surface area contributed by atoms with Crippen molar-refractivity contribution in [3.63, 3.8) is 0 Å². The first kappa shape index (κ1) is 15.7. The fourth-order valence-electron chi connectivity index (χ4n) is 2.84. The normalized spacial score (nSPS) is 24.3. The third-order valence-corrected chi connectivity index (χ3v) is 4.61. The van der Waals surface area contributed by atoms with Crippen LogP contribution in [0.3, 0.4) is 0 Å². The van der Waals surface area contributed by atoms with Gasteiger partial charge in [0.25, 0.3) is 11.6 Å². The van der Waals surface area contributed by atoms with Crippen LogP contribution in [0.4, 0.5) is 11.4 Å². The summed E-state index contributed by atoms with van der Waals surface area (Å²) in [5, 5.41) is 24.2. The number of benzene rings is 1. The van der Waals surface area contributed by atoms with E-state index in [1.165, 1.54) is 6.07 Å². The lowest BCUT2D eigenvalue weighted by Crippen LogP contribution is -2.43. The molecule has 2 unspecified atom stereocenters. The van der Waals surface area contributed by atoms with E-state index in [1.54, 1.807) is 12.1 Å². The highest BCUT2D eigenvalue weighted by molar-refractivity contribution is 5.96. The lowest BCUT2D eigenvalue weighted by Gasteiger charge is -2.35. The summed E-state index contributed by atoms with van der Waals surface area (Å²) in [4.78, 5) is 24.8. The number of nitro benzene ring substituents is 1. The van der Waals surface area contributed by atoms with Gasteiger partial charge in [0.05, 0.1) is 11.0 Å². The smallest absolute Gasteiger partial charge is 0.293 e. The van der Waals surface area contributed by atoms with Gasteiger partial charge in [0.15, 0.2) is 0 Å². The number of amides is 1. The quantitative estimate of drug-likeness (QED) is 0.650. The second-order valence-corrected chi connectivity index (χ2v) is 6.49. The SMILES string of the molecule is CC1CCN(c2ccc(C(=O)NC3CC3)cc2[N+](=O)[O-])CC1O. The molecule has 2 atom stereocenters. The van der Waals surface area contributed by atoms with E-state index in [1.807, 2.05) is 11.8 Å². The van der Waals surface area contributed by atoms with Gasteiger partial charge >= 0.3 is 0 Å². The Bertz CT molecular complexity index is 630. The van der Waals surface area contributed by atoms with Crippen LogP contribution in [0.25, 0.3) is 0 Å². The van der Waals surface area contributed by atoms with E-state index in [0.29, 0.717) is 24.3 Å². The van der Waals surface area contributed by atoms with Gasteiger partial charge in [0.2, 0.25) is 0 Å². The summed E-state index contributed by atoms with van der Waals surface area (Å²) in [5.74, 6) is -0.0802. The van der Waals surface area contributed by atoms with Crippen LogP contribution in [-0.4, -0.2) is 41.2 Å². The number of aliphatic hydroxyl groups is 1. The molecule has 124 valence electrons. The van der Waals surface area contributed by atoms with Gasteiger partial charge in [-0.3, -0.25) is 14.9 Å². The Labute approximate surface area is 134 Å². The molecule has 1 heterocycles. The highest BCUT2D eigenvalue weighted by atomic mass is 16.6. The van der Waals surface area contributed by atoms with Crippen molar-refractivity contribution in [3.8, 4) is 0 Å². The Morgan fingerprint density at radius 2 is 2.13 bits per heavy atom. The molecule has 0 spiro atoms. The van der Waals surface area contributed by atoms with Crippen LogP contribution in [0.5, 0.6) is 0 Å². The van der Waals surface area contributed by atoms with Crippen molar-refractivity contribution < 1.29 is 14.8 Å². The summed E-state index contributed by atoms with van der Waals surface area (Å²) < 4.78 is 0. The summed E-state index contributed by atoms with van der Waals surface area (Å²) in [5.41, 5.74) is 0.678. The predicted octanol–water partition coefficient (Wildman–Crippen LogP) is 1.69. The van der Waals surface area contributed by atoms with Gasteiger partial charge in [-0.25, -0.2) is 0 Å². The maximum Gasteiger partial charge on any atom is 0.293 e. The predicted molar refractivity (Wildman–Crippen MR) is 85.6 cm³/mol. The molecule has 7 heteroatoms. The van der Waals surface area contributed by atoms with Crippen molar-refractivity contribution in [3.05, 3.63) is 33.9 Å². The standard InChI is InChI=1S/C16H21N3O4/c1-10-6-7-18(9-15(10)20)13-5-2-11(8-14(13)19(22)23)16(21)17-12-3-4-12/h2,5,8,10,12,15,20H,3-4,6-7,9H2,1H3,(H,17,21). The molecule has 7 nitrogen and oxygen atoms in total. The van der Waals surface area contributed by atoms with Crippen molar-refractivity contribution in [1.29, 1.82) is 0 Å². The summed E-state index contributed by atoms with van der Waals surface area (Å²) >= 11 is 0. The molecule has 1 aromatic rings. The number of hydrogen-bond donors (Lipinski definition) is 2. The molecule has 1 saturated carbocycles. The average molecular weight is 319 g/mol. The Kier molecular flexibility index (Phi) is 4.21. The van der Waals surface area contributed by atoms with Gasteiger partial charge < -0.3 is 15.3 Å². The fraction of sp³-hybridized carbons (Fsp3) is 0.562. The monoisotopic (exact) mass is 319 g/mol. The van der Waals surface area contributed by atoms with Crippen molar-refractivity contribution in [2.75, 3.05) is 18.0 Å². The van der Waals surface area contributed by atoms with Crippen LogP contribution in [0.15, 0.2) is 18.2 Å². The topological polar surface area (TPSA) is 95.7 Å². The summed E-state index contributed by atoms with van der Waals surface area (Å²) in [7, 11) is 0. The van der Waals surface area contributed by atoms with E-state index in [2.05, 4.69) is 5.32 Å². The zero-order chi connectivity index (χ0) is 16.6. The molecular formula is C16H21N3O4. The van der Waals surface area contributed by atoms with Crippen LogP contribution < -0.4 is 10.2 Å². The second-order valence-electron chi connectivity index (χ2n) is 6.49. The fourth-order valence-corrected chi connectivity index (χ4v) is 2.84. The maximum atomic E-state index is 12.1. The number of carbonyl (C=O) groups is 1. The van der Waals surface area contributed by atoms with Crippen LogP contribution in [0.1, 0.15) is 36.5 Å². The summed E-state index contributed by atoms with van der Waals surface area (Å²) in [6.07, 6.45) is 2.22. The van der Waals surface area contributed by atoms with Crippen LogP contribution in [-0.2, 0) is 0 Å². The molecule has 1 aliphatic heterocycles. The Morgan fingerprint density at radius 1 is 1.39 bits per heavy atom. The van der Waals surface area contributed by atoms with Gasteiger partial charge in [-0.1, -0.05) is 6.92 Å². The van der Waals surface area contributed by atoms with Crippen molar-refractivity contribution in [1.82, 2.24) is 5.32 Å². The number of anilines is 1. The van der Waals surface area contributed by atoms with E-state index < -0.39 is 11.0 Å². The number of nitrogens with zero attached hydrogens (tertiary/aromatic N) is 2. The van der Waals surface area contributed by atoms with Crippen molar-refractivity contribution >= 4 is 17.3 Å². The van der Waals surface area contributed by atoms with Gasteiger partial charge in [0, 0.05) is 30.8 Å². The van der Waals surface area contributed by atoms with Crippen LogP contribution in [0, 0.1) is 16.0 Å². The molecule has 1 amide bonds. The highest BCUT2D eigenvalue weighted by Gasteiger charge is 2.30. The Hall–Kier alpha value is -2.15. The van der Waals surface area contributed by atoms with Crippen LogP contribution >= 0.6 is 0 Å². The number of rotatable bonds is 4. The van der Waals surface area contributed by atoms with E-state index in [0.717, 1.165) is 19.3 Å². The molecule has 1 aromatic carbocycles. The first-order chi connectivity index (χ1) is 11.0. The number of β-amino-alcohol motifs (C(OH)–C–C–N with tert-alkyl or cyclic N) is 1. The molecule has 1 aliphatic carbocycles. The molecular weight excluding hydrogens is 298 g/mol. The molecule has 2 aliphatic rings. The third-order valence-electron chi connectivity index (χ3n) is 4.61. The number of piperidine rings is 1. The Morgan fingerprint density at radius 3 is 2.74 bits per heavy atom. The number of carbonyl (C=O) groups excluding carboxylic acids is 1. The van der Waals surface area contributed by atoms with Crippen molar-refractivity contribution in [2.24, 2.45) is 5.92 Å². The first-order valence-electron chi connectivity index (χ1n) is 7.98. The average Bonchev–Trinajstić information content (AvgIpc) is 3.33. The minimum Gasteiger partial charge on any atom is -0.391 e.